The van der Waals surface area contributed by atoms with Crippen LogP contribution >= 0.6 is 11.8 Å². The summed E-state index contributed by atoms with van der Waals surface area (Å²) in [5.41, 5.74) is 6.71. The topological polar surface area (TPSA) is 38.5 Å². The second-order valence-corrected chi connectivity index (χ2v) is 5.34. The van der Waals surface area contributed by atoms with Gasteiger partial charge in [0.2, 0.25) is 0 Å². The van der Waals surface area contributed by atoms with E-state index in [0.717, 1.165) is 37.4 Å². The fourth-order valence-corrected chi connectivity index (χ4v) is 2.14. The van der Waals surface area contributed by atoms with Crippen molar-refractivity contribution in [2.45, 2.75) is 13.0 Å². The van der Waals surface area contributed by atoms with Gasteiger partial charge in [-0.3, -0.25) is 0 Å². The Morgan fingerprint density at radius 2 is 2.17 bits per heavy atom. The number of nitrogens with two attached hydrogens (primary N) is 1. The Labute approximate surface area is 115 Å². The first-order valence-electron chi connectivity index (χ1n) is 6.35. The first-order valence-corrected chi connectivity index (χ1v) is 7.75. The van der Waals surface area contributed by atoms with Crippen molar-refractivity contribution in [3.8, 4) is 5.75 Å². The number of nitrogens with zero attached hydrogens (tertiary/aromatic N) is 1. The molecule has 0 aliphatic carbocycles. The van der Waals surface area contributed by atoms with Gasteiger partial charge < -0.3 is 15.4 Å². The van der Waals surface area contributed by atoms with Crippen LogP contribution in [0.3, 0.4) is 0 Å². The Hall–Kier alpha value is -0.710. The van der Waals surface area contributed by atoms with Crippen molar-refractivity contribution >= 4 is 11.8 Å². The lowest BCUT2D eigenvalue weighted by Gasteiger charge is -2.15. The second-order valence-electron chi connectivity index (χ2n) is 4.35. The maximum atomic E-state index is 5.72. The lowest BCUT2D eigenvalue weighted by molar-refractivity contribution is 0.269. The molecule has 102 valence electrons. The molecule has 0 radical (unpaired) electrons. The van der Waals surface area contributed by atoms with Crippen LogP contribution in [0.4, 0.5) is 0 Å². The Kier molecular flexibility index (Phi) is 7.89. The summed E-state index contributed by atoms with van der Waals surface area (Å²) in [6.07, 6.45) is 3.19. The van der Waals surface area contributed by atoms with E-state index in [2.05, 4.69) is 18.2 Å². The molecule has 0 saturated heterocycles. The molecule has 3 nitrogen and oxygen atoms in total. The van der Waals surface area contributed by atoms with E-state index in [1.54, 1.807) is 0 Å². The Bertz CT molecular complexity index is 333. The number of hydrogen-bond donors (Lipinski definition) is 1. The van der Waals surface area contributed by atoms with E-state index < -0.39 is 0 Å². The summed E-state index contributed by atoms with van der Waals surface area (Å²) in [5, 5.41) is 0. The molecule has 1 rings (SSSR count). The van der Waals surface area contributed by atoms with Crippen LogP contribution in [0, 0.1) is 0 Å². The van der Waals surface area contributed by atoms with Gasteiger partial charge in [0, 0.05) is 25.4 Å². The van der Waals surface area contributed by atoms with Crippen LogP contribution in [-0.4, -0.2) is 43.7 Å². The van der Waals surface area contributed by atoms with E-state index in [9.17, 15) is 0 Å². The number of benzene rings is 1. The molecule has 0 aliphatic rings. The highest BCUT2D eigenvalue weighted by Crippen LogP contribution is 2.13. The summed E-state index contributed by atoms with van der Waals surface area (Å²) < 4.78 is 5.72. The minimum Gasteiger partial charge on any atom is -0.494 e. The van der Waals surface area contributed by atoms with Gasteiger partial charge in [-0.15, -0.1) is 0 Å². The predicted octanol–water partition coefficient (Wildman–Crippen LogP) is 2.21. The Morgan fingerprint density at radius 3 is 2.89 bits per heavy atom. The Morgan fingerprint density at radius 1 is 1.33 bits per heavy atom. The first-order chi connectivity index (χ1) is 8.76. The molecule has 4 heteroatoms. The van der Waals surface area contributed by atoms with Crippen LogP contribution in [0.25, 0.3) is 0 Å². The largest absolute Gasteiger partial charge is 0.494 e. The SMILES string of the molecule is CSCCN(C)CCCOc1cccc(CN)c1. The third-order valence-corrected chi connectivity index (χ3v) is 3.36. The molecule has 1 aromatic carbocycles. The van der Waals surface area contributed by atoms with Gasteiger partial charge in [-0.2, -0.15) is 11.8 Å². The third-order valence-electron chi connectivity index (χ3n) is 2.76. The van der Waals surface area contributed by atoms with Gasteiger partial charge in [0.05, 0.1) is 6.61 Å². The summed E-state index contributed by atoms with van der Waals surface area (Å²) in [4.78, 5) is 2.34. The second kappa shape index (κ2) is 9.25. The molecule has 0 unspecified atom stereocenters. The van der Waals surface area contributed by atoms with Gasteiger partial charge in [-0.25, -0.2) is 0 Å². The van der Waals surface area contributed by atoms with Crippen LogP contribution in [0.5, 0.6) is 5.75 Å². The Balaban J connectivity index is 2.17. The zero-order chi connectivity index (χ0) is 13.2. The van der Waals surface area contributed by atoms with E-state index >= 15 is 0 Å². The van der Waals surface area contributed by atoms with Gasteiger partial charge in [-0.05, 0) is 37.4 Å². The molecule has 0 bridgehead atoms. The predicted molar refractivity (Wildman–Crippen MR) is 80.3 cm³/mol. The first kappa shape index (κ1) is 15.3. The minimum atomic E-state index is 0.564. The quantitative estimate of drug-likeness (QED) is 0.697. The molecule has 0 fully saturated rings. The molecule has 1 aromatic rings. The standard InChI is InChI=1S/C14H24N2OS/c1-16(8-10-18-2)7-4-9-17-14-6-3-5-13(11-14)12-15/h3,5-6,11H,4,7-10,12,15H2,1-2H3. The van der Waals surface area contributed by atoms with Crippen LogP contribution < -0.4 is 10.5 Å². The van der Waals surface area contributed by atoms with Gasteiger partial charge in [0.1, 0.15) is 5.75 Å². The third kappa shape index (κ3) is 6.28. The zero-order valence-electron chi connectivity index (χ0n) is 11.4. The van der Waals surface area contributed by atoms with Crippen molar-refractivity contribution in [2.24, 2.45) is 5.73 Å². The lowest BCUT2D eigenvalue weighted by Crippen LogP contribution is -2.23. The number of ether oxygens (including phenoxy) is 1. The average molecular weight is 268 g/mol. The smallest absolute Gasteiger partial charge is 0.119 e. The molecule has 18 heavy (non-hydrogen) atoms. The molecular weight excluding hydrogens is 244 g/mol. The summed E-state index contributed by atoms with van der Waals surface area (Å²) in [5.74, 6) is 2.11. The van der Waals surface area contributed by atoms with Crippen molar-refractivity contribution in [1.29, 1.82) is 0 Å². The van der Waals surface area contributed by atoms with Crippen LogP contribution in [0.1, 0.15) is 12.0 Å². The molecule has 0 aliphatic heterocycles. The van der Waals surface area contributed by atoms with Gasteiger partial charge in [0.15, 0.2) is 0 Å². The normalized spacial score (nSPS) is 10.9. The van der Waals surface area contributed by atoms with Crippen molar-refractivity contribution in [2.75, 3.05) is 38.8 Å². The van der Waals surface area contributed by atoms with Crippen LogP contribution in [0.15, 0.2) is 24.3 Å². The van der Waals surface area contributed by atoms with E-state index in [0.29, 0.717) is 6.54 Å². The zero-order valence-corrected chi connectivity index (χ0v) is 12.2. The minimum absolute atomic E-state index is 0.564. The van der Waals surface area contributed by atoms with Crippen LogP contribution in [0.2, 0.25) is 0 Å². The van der Waals surface area contributed by atoms with Crippen molar-refractivity contribution in [1.82, 2.24) is 4.90 Å². The highest BCUT2D eigenvalue weighted by Gasteiger charge is 1.99. The maximum Gasteiger partial charge on any atom is 0.119 e. The number of hydrogen-bond acceptors (Lipinski definition) is 4. The maximum absolute atomic E-state index is 5.72. The number of thioether (sulfide) groups is 1. The summed E-state index contributed by atoms with van der Waals surface area (Å²) in [6, 6.07) is 8.00. The van der Waals surface area contributed by atoms with E-state index in [1.165, 1.54) is 5.75 Å². The molecule has 0 spiro atoms. The van der Waals surface area contributed by atoms with Crippen molar-refractivity contribution in [3.05, 3.63) is 29.8 Å². The van der Waals surface area contributed by atoms with Gasteiger partial charge in [0.25, 0.3) is 0 Å². The average Bonchev–Trinajstić information content (AvgIpc) is 2.41. The molecule has 0 amide bonds. The van der Waals surface area contributed by atoms with E-state index in [-0.39, 0.29) is 0 Å². The molecule has 0 heterocycles. The van der Waals surface area contributed by atoms with E-state index in [4.69, 9.17) is 10.5 Å². The van der Waals surface area contributed by atoms with Gasteiger partial charge >= 0.3 is 0 Å². The van der Waals surface area contributed by atoms with E-state index in [1.807, 2.05) is 36.0 Å². The van der Waals surface area contributed by atoms with Gasteiger partial charge in [-0.1, -0.05) is 12.1 Å². The van der Waals surface area contributed by atoms with Crippen LogP contribution in [-0.2, 0) is 6.54 Å². The van der Waals surface area contributed by atoms with Crippen molar-refractivity contribution < 1.29 is 4.74 Å². The number of rotatable bonds is 9. The fourth-order valence-electron chi connectivity index (χ4n) is 1.65. The monoisotopic (exact) mass is 268 g/mol. The lowest BCUT2D eigenvalue weighted by atomic mass is 10.2. The van der Waals surface area contributed by atoms with Crippen molar-refractivity contribution in [3.63, 3.8) is 0 Å². The molecular formula is C14H24N2OS. The molecule has 0 saturated carbocycles. The molecule has 2 N–H and O–H groups in total. The molecule has 0 aromatic heterocycles. The fraction of sp³-hybridized carbons (Fsp3) is 0.571. The highest BCUT2D eigenvalue weighted by molar-refractivity contribution is 7.98. The highest BCUT2D eigenvalue weighted by atomic mass is 32.2. The summed E-state index contributed by atoms with van der Waals surface area (Å²) in [7, 11) is 2.16. The molecule has 0 atom stereocenters. The summed E-state index contributed by atoms with van der Waals surface area (Å²) >= 11 is 1.89. The summed E-state index contributed by atoms with van der Waals surface area (Å²) in [6.45, 7) is 3.55.